The van der Waals surface area contributed by atoms with Crippen LogP contribution in [0, 0.1) is 6.92 Å². The van der Waals surface area contributed by atoms with Crippen molar-refractivity contribution in [1.29, 1.82) is 0 Å². The summed E-state index contributed by atoms with van der Waals surface area (Å²) in [7, 11) is 1.63. The molecule has 1 N–H and O–H groups in total. The molecule has 0 amide bonds. The Morgan fingerprint density at radius 2 is 1.80 bits per heavy atom. The normalized spacial score (nSPS) is 13.0. The summed E-state index contributed by atoms with van der Waals surface area (Å²) >= 11 is 0. The zero-order valence-corrected chi connectivity index (χ0v) is 21.2. The molecular formula is C28H37N3O4. The van der Waals surface area contributed by atoms with E-state index >= 15 is 0 Å². The zero-order valence-electron chi connectivity index (χ0n) is 21.2. The molecule has 35 heavy (non-hydrogen) atoms. The van der Waals surface area contributed by atoms with Crippen molar-refractivity contribution in [2.45, 2.75) is 45.9 Å². The van der Waals surface area contributed by atoms with Crippen molar-refractivity contribution in [3.8, 4) is 23.1 Å². The van der Waals surface area contributed by atoms with Gasteiger partial charge in [-0.25, -0.2) is 4.68 Å². The van der Waals surface area contributed by atoms with Crippen molar-refractivity contribution in [3.63, 3.8) is 0 Å². The number of nitrogens with zero attached hydrogens (tertiary/aromatic N) is 3. The third-order valence-electron chi connectivity index (χ3n) is 5.98. The second-order valence-corrected chi connectivity index (χ2v) is 8.54. The maximum atomic E-state index is 10.6. The first-order valence-electron chi connectivity index (χ1n) is 12.0. The van der Waals surface area contributed by atoms with Crippen LogP contribution >= 0.6 is 0 Å². The number of aryl methyl sites for hydroxylation is 1. The lowest BCUT2D eigenvalue weighted by molar-refractivity contribution is 0.0155. The van der Waals surface area contributed by atoms with Gasteiger partial charge in [0.05, 0.1) is 43.4 Å². The van der Waals surface area contributed by atoms with Crippen LogP contribution in [-0.2, 0) is 11.3 Å². The Labute approximate surface area is 208 Å². The van der Waals surface area contributed by atoms with Crippen LogP contribution in [0.25, 0.3) is 5.69 Å². The van der Waals surface area contributed by atoms with Crippen LogP contribution in [-0.4, -0.2) is 58.8 Å². The van der Waals surface area contributed by atoms with Crippen LogP contribution in [0.2, 0.25) is 0 Å². The van der Waals surface area contributed by atoms with Crippen LogP contribution in [0.4, 0.5) is 0 Å². The van der Waals surface area contributed by atoms with Crippen molar-refractivity contribution < 1.29 is 19.3 Å². The van der Waals surface area contributed by atoms with Crippen LogP contribution in [0.5, 0.6) is 17.4 Å². The fraction of sp³-hybridized carbons (Fsp3) is 0.393. The summed E-state index contributed by atoms with van der Waals surface area (Å²) in [6, 6.07) is 17.7. The Kier molecular flexibility index (Phi) is 9.90. The average molecular weight is 480 g/mol. The maximum Gasteiger partial charge on any atom is 0.227 e. The first-order chi connectivity index (χ1) is 17.0. The molecular weight excluding hydrogens is 442 g/mol. The molecule has 0 spiro atoms. The largest absolute Gasteiger partial charge is 0.493 e. The quantitative estimate of drug-likeness (QED) is 0.255. The number of ether oxygens (including phenoxy) is 3. The molecule has 0 saturated carbocycles. The van der Waals surface area contributed by atoms with Gasteiger partial charge in [0.2, 0.25) is 5.88 Å². The Hall–Kier alpha value is -3.13. The Morgan fingerprint density at radius 3 is 2.46 bits per heavy atom. The highest BCUT2D eigenvalue weighted by molar-refractivity contribution is 5.47. The van der Waals surface area contributed by atoms with Gasteiger partial charge < -0.3 is 19.3 Å². The number of aromatic nitrogens is 2. The summed E-state index contributed by atoms with van der Waals surface area (Å²) in [5, 5.41) is 15.5. The van der Waals surface area contributed by atoms with Gasteiger partial charge in [0.15, 0.2) is 11.5 Å². The lowest BCUT2D eigenvalue weighted by Gasteiger charge is -2.30. The molecule has 0 aliphatic heterocycles. The fourth-order valence-corrected chi connectivity index (χ4v) is 3.85. The van der Waals surface area contributed by atoms with Crippen molar-refractivity contribution >= 4 is 0 Å². The summed E-state index contributed by atoms with van der Waals surface area (Å²) in [6.45, 7) is 11.7. The molecule has 0 aliphatic carbocycles. The number of hydrogen-bond acceptors (Lipinski definition) is 6. The smallest absolute Gasteiger partial charge is 0.227 e. The van der Waals surface area contributed by atoms with Crippen LogP contribution in [0.15, 0.2) is 67.3 Å². The third kappa shape index (κ3) is 6.94. The van der Waals surface area contributed by atoms with Crippen molar-refractivity contribution in [3.05, 3.63) is 78.5 Å². The highest BCUT2D eigenvalue weighted by Crippen LogP contribution is 2.36. The molecule has 3 rings (SSSR count). The van der Waals surface area contributed by atoms with E-state index in [1.54, 1.807) is 13.2 Å². The summed E-state index contributed by atoms with van der Waals surface area (Å²) in [5.41, 5.74) is 2.73. The van der Waals surface area contributed by atoms with Gasteiger partial charge in [-0.15, -0.1) is 6.58 Å². The Bertz CT molecular complexity index is 1070. The van der Waals surface area contributed by atoms with E-state index < -0.39 is 6.10 Å². The summed E-state index contributed by atoms with van der Waals surface area (Å²) in [4.78, 5) is 2.25. The van der Waals surface area contributed by atoms with Gasteiger partial charge in [0.25, 0.3) is 0 Å². The van der Waals surface area contributed by atoms with E-state index in [1.165, 1.54) is 0 Å². The van der Waals surface area contributed by atoms with Gasteiger partial charge in [0.1, 0.15) is 0 Å². The number of rotatable bonds is 14. The molecule has 0 fully saturated rings. The van der Waals surface area contributed by atoms with Crippen molar-refractivity contribution in [1.82, 2.24) is 14.7 Å². The lowest BCUT2D eigenvalue weighted by Crippen LogP contribution is -2.40. The van der Waals surface area contributed by atoms with Gasteiger partial charge in [0, 0.05) is 19.1 Å². The minimum Gasteiger partial charge on any atom is -0.493 e. The number of hydrogen-bond donors (Lipinski definition) is 1. The zero-order chi connectivity index (χ0) is 25.2. The lowest BCUT2D eigenvalue weighted by atomic mass is 10.1. The van der Waals surface area contributed by atoms with Crippen LogP contribution < -0.4 is 9.47 Å². The van der Waals surface area contributed by atoms with Gasteiger partial charge >= 0.3 is 0 Å². The molecule has 2 unspecified atom stereocenters. The number of aliphatic hydroxyl groups is 1. The highest BCUT2D eigenvalue weighted by Gasteiger charge is 2.25. The van der Waals surface area contributed by atoms with E-state index in [0.29, 0.717) is 37.1 Å². The summed E-state index contributed by atoms with van der Waals surface area (Å²) in [5.74, 6) is 1.88. The molecule has 0 radical (unpaired) electrons. The van der Waals surface area contributed by atoms with E-state index in [-0.39, 0.29) is 12.6 Å². The number of aliphatic hydroxyl groups excluding tert-OH is 1. The molecule has 0 bridgehead atoms. The molecule has 2 atom stereocenters. The Morgan fingerprint density at radius 1 is 1.11 bits per heavy atom. The molecule has 0 saturated heterocycles. The average Bonchev–Trinajstić information content (AvgIpc) is 3.18. The van der Waals surface area contributed by atoms with Gasteiger partial charge in [-0.05, 0) is 44.5 Å². The van der Waals surface area contributed by atoms with Crippen molar-refractivity contribution in [2.75, 3.05) is 26.9 Å². The number of benzene rings is 2. The van der Waals surface area contributed by atoms with E-state index in [9.17, 15) is 5.11 Å². The molecule has 1 heterocycles. The predicted octanol–water partition coefficient (Wildman–Crippen LogP) is 5.15. The second-order valence-electron chi connectivity index (χ2n) is 8.54. The van der Waals surface area contributed by atoms with Crippen LogP contribution in [0.3, 0.4) is 0 Å². The highest BCUT2D eigenvalue weighted by atomic mass is 16.5. The predicted molar refractivity (Wildman–Crippen MR) is 139 cm³/mol. The van der Waals surface area contributed by atoms with Gasteiger partial charge in [-0.2, -0.15) is 5.10 Å². The number of methoxy groups -OCH3 is 1. The number of para-hydroxylation sites is 3. The molecule has 7 nitrogen and oxygen atoms in total. The van der Waals surface area contributed by atoms with Crippen molar-refractivity contribution in [2.24, 2.45) is 0 Å². The first-order valence-corrected chi connectivity index (χ1v) is 12.0. The maximum absolute atomic E-state index is 10.6. The van der Waals surface area contributed by atoms with E-state index in [4.69, 9.17) is 19.3 Å². The summed E-state index contributed by atoms with van der Waals surface area (Å²) < 4.78 is 19.3. The monoisotopic (exact) mass is 479 g/mol. The van der Waals surface area contributed by atoms with E-state index in [2.05, 4.69) is 25.3 Å². The SMILES string of the molecule is C=CCOCC(O)CN(Cc1c(C)nn(-c2ccccc2)c1Oc1ccccc1OC)C(C)CC. The second kappa shape index (κ2) is 13.1. The topological polar surface area (TPSA) is 69.0 Å². The van der Waals surface area contributed by atoms with E-state index in [1.807, 2.05) is 66.2 Å². The molecule has 3 aromatic rings. The molecule has 188 valence electrons. The molecule has 1 aromatic heterocycles. The molecule has 7 heteroatoms. The van der Waals surface area contributed by atoms with E-state index in [0.717, 1.165) is 23.4 Å². The molecule has 0 aliphatic rings. The first kappa shape index (κ1) is 26.5. The minimum absolute atomic E-state index is 0.239. The Balaban J connectivity index is 1.99. The minimum atomic E-state index is -0.619. The summed E-state index contributed by atoms with van der Waals surface area (Å²) in [6.07, 6.45) is 2.00. The van der Waals surface area contributed by atoms with Gasteiger partial charge in [-0.3, -0.25) is 4.90 Å². The van der Waals surface area contributed by atoms with Gasteiger partial charge in [-0.1, -0.05) is 43.3 Å². The fourth-order valence-electron chi connectivity index (χ4n) is 3.85. The molecule has 2 aromatic carbocycles. The standard InChI is InChI=1S/C28H37N3O4/c1-6-17-34-20-24(32)18-30(21(3)7-2)19-25-22(4)29-31(23-13-9-8-10-14-23)28(25)35-27-16-12-11-15-26(27)33-5/h6,8-16,21,24,32H,1,7,17-20H2,2-5H3. The third-order valence-corrected chi connectivity index (χ3v) is 5.98. The van der Waals surface area contributed by atoms with Crippen LogP contribution in [0.1, 0.15) is 31.5 Å².